The molecule has 2 aliphatic rings. The predicted molar refractivity (Wildman–Crippen MR) is 73.0 cm³/mol. The molecule has 3 N–H and O–H groups in total. The van der Waals surface area contributed by atoms with Gasteiger partial charge in [-0.1, -0.05) is 0 Å². The van der Waals surface area contributed by atoms with E-state index in [1.165, 1.54) is 11.3 Å². The van der Waals surface area contributed by atoms with Crippen LogP contribution in [0.25, 0.3) is 0 Å². The molecule has 1 amide bonds. The third kappa shape index (κ3) is 2.66. The van der Waals surface area contributed by atoms with E-state index in [4.69, 9.17) is 10.5 Å². The normalized spacial score (nSPS) is 30.1. The molecule has 0 spiro atoms. The Bertz CT molecular complexity index is 462. The number of nitrogens with zero attached hydrogens (tertiary/aromatic N) is 1. The molecule has 1 aromatic rings. The summed E-state index contributed by atoms with van der Waals surface area (Å²) in [5.74, 6) is 0.402. The van der Waals surface area contributed by atoms with Gasteiger partial charge in [-0.05, 0) is 25.7 Å². The third-order valence-electron chi connectivity index (χ3n) is 4.06. The first-order valence-electron chi connectivity index (χ1n) is 6.85. The van der Waals surface area contributed by atoms with Gasteiger partial charge in [-0.25, -0.2) is 4.98 Å². The van der Waals surface area contributed by atoms with Crippen LogP contribution in [-0.2, 0) is 11.3 Å². The Morgan fingerprint density at radius 1 is 1.53 bits per heavy atom. The minimum absolute atomic E-state index is 0.0755. The predicted octanol–water partition coefficient (Wildman–Crippen LogP) is 1.29. The van der Waals surface area contributed by atoms with Crippen LogP contribution < -0.4 is 11.1 Å². The molecular formula is C13H19N3O2S. The van der Waals surface area contributed by atoms with E-state index < -0.39 is 0 Å². The highest BCUT2D eigenvalue weighted by molar-refractivity contribution is 7.09. The van der Waals surface area contributed by atoms with E-state index >= 15 is 0 Å². The van der Waals surface area contributed by atoms with Crippen molar-refractivity contribution in [1.29, 1.82) is 0 Å². The lowest BCUT2D eigenvalue weighted by molar-refractivity contribution is 0.0509. The molecule has 2 fully saturated rings. The summed E-state index contributed by atoms with van der Waals surface area (Å²) in [6.07, 6.45) is 4.70. The largest absolute Gasteiger partial charge is 0.378 e. The molecule has 0 aromatic carbocycles. The number of nitrogens with two attached hydrogens (primary N) is 1. The summed E-state index contributed by atoms with van der Waals surface area (Å²) in [6.45, 7) is 1.22. The van der Waals surface area contributed by atoms with Crippen molar-refractivity contribution in [3.63, 3.8) is 0 Å². The lowest BCUT2D eigenvalue weighted by Crippen LogP contribution is -2.45. The van der Waals surface area contributed by atoms with Gasteiger partial charge in [0.25, 0.3) is 5.91 Å². The standard InChI is InChI=1S/C13H19N3O2S/c14-6-12-15-10(7-19-12)13(17)16-9-2-1-3-11-8(9)4-5-18-11/h7-9,11H,1-6,14H2,(H,16,17). The summed E-state index contributed by atoms with van der Waals surface area (Å²) < 4.78 is 5.71. The molecule has 0 bridgehead atoms. The lowest BCUT2D eigenvalue weighted by Gasteiger charge is -2.33. The van der Waals surface area contributed by atoms with Gasteiger partial charge >= 0.3 is 0 Å². The smallest absolute Gasteiger partial charge is 0.270 e. The number of hydrogen-bond donors (Lipinski definition) is 2. The highest BCUT2D eigenvalue weighted by Crippen LogP contribution is 2.34. The van der Waals surface area contributed by atoms with E-state index in [1.807, 2.05) is 0 Å². The molecule has 6 heteroatoms. The highest BCUT2D eigenvalue weighted by atomic mass is 32.1. The Labute approximate surface area is 116 Å². The summed E-state index contributed by atoms with van der Waals surface area (Å²) in [6, 6.07) is 0.233. The van der Waals surface area contributed by atoms with Crippen molar-refractivity contribution in [3.05, 3.63) is 16.1 Å². The third-order valence-corrected chi connectivity index (χ3v) is 4.93. The zero-order chi connectivity index (χ0) is 13.2. The minimum atomic E-state index is -0.0755. The molecule has 5 nitrogen and oxygen atoms in total. The van der Waals surface area contributed by atoms with Gasteiger partial charge in [-0.2, -0.15) is 0 Å². The first kappa shape index (κ1) is 13.0. The first-order chi connectivity index (χ1) is 9.28. The van der Waals surface area contributed by atoms with Gasteiger partial charge in [0.2, 0.25) is 0 Å². The molecule has 3 rings (SSSR count). The molecule has 1 saturated carbocycles. The first-order valence-corrected chi connectivity index (χ1v) is 7.73. The highest BCUT2D eigenvalue weighted by Gasteiger charge is 2.38. The van der Waals surface area contributed by atoms with E-state index in [0.717, 1.165) is 37.3 Å². The zero-order valence-electron chi connectivity index (χ0n) is 10.8. The van der Waals surface area contributed by atoms with Gasteiger partial charge in [0.1, 0.15) is 10.7 Å². The van der Waals surface area contributed by atoms with E-state index in [0.29, 0.717) is 24.3 Å². The zero-order valence-corrected chi connectivity index (χ0v) is 11.6. The van der Waals surface area contributed by atoms with E-state index in [2.05, 4.69) is 10.3 Å². The van der Waals surface area contributed by atoms with Crippen molar-refractivity contribution in [1.82, 2.24) is 10.3 Å². The Morgan fingerprint density at radius 3 is 3.21 bits per heavy atom. The van der Waals surface area contributed by atoms with Crippen LogP contribution >= 0.6 is 11.3 Å². The van der Waals surface area contributed by atoms with Crippen LogP contribution in [0.5, 0.6) is 0 Å². The second kappa shape index (κ2) is 5.56. The second-order valence-corrected chi connectivity index (χ2v) is 6.15. The fraction of sp³-hybridized carbons (Fsp3) is 0.692. The molecule has 3 atom stereocenters. The van der Waals surface area contributed by atoms with Gasteiger partial charge < -0.3 is 15.8 Å². The van der Waals surface area contributed by atoms with Crippen molar-refractivity contribution in [3.8, 4) is 0 Å². The van der Waals surface area contributed by atoms with Crippen molar-refractivity contribution in [2.75, 3.05) is 6.61 Å². The van der Waals surface area contributed by atoms with Gasteiger partial charge in [0, 0.05) is 30.5 Å². The maximum absolute atomic E-state index is 12.2. The number of hydrogen-bond acceptors (Lipinski definition) is 5. The van der Waals surface area contributed by atoms with Crippen LogP contribution in [0.4, 0.5) is 0 Å². The molecule has 1 saturated heterocycles. The van der Waals surface area contributed by atoms with Gasteiger partial charge in [-0.3, -0.25) is 4.79 Å². The average Bonchev–Trinajstić information content (AvgIpc) is 3.08. The van der Waals surface area contributed by atoms with Crippen molar-refractivity contribution in [2.24, 2.45) is 11.7 Å². The number of thiazole rings is 1. The summed E-state index contributed by atoms with van der Waals surface area (Å²) >= 11 is 1.44. The fourth-order valence-corrected chi connectivity index (χ4v) is 3.76. The number of aromatic nitrogens is 1. The number of amides is 1. The number of ether oxygens (including phenoxy) is 1. The van der Waals surface area contributed by atoms with Gasteiger partial charge in [-0.15, -0.1) is 11.3 Å². The number of carbonyl (C=O) groups is 1. The van der Waals surface area contributed by atoms with E-state index in [1.54, 1.807) is 5.38 Å². The quantitative estimate of drug-likeness (QED) is 0.875. The fourth-order valence-electron chi connectivity index (χ4n) is 3.11. The summed E-state index contributed by atoms with van der Waals surface area (Å²) in [7, 11) is 0. The monoisotopic (exact) mass is 281 g/mol. The maximum atomic E-state index is 12.2. The van der Waals surface area contributed by atoms with Crippen LogP contribution in [-0.4, -0.2) is 29.6 Å². The SMILES string of the molecule is NCc1nc(C(=O)NC2CCCC3OCCC23)cs1. The molecule has 2 heterocycles. The Kier molecular flexibility index (Phi) is 3.81. The Balaban J connectivity index is 1.65. The molecule has 1 aromatic heterocycles. The maximum Gasteiger partial charge on any atom is 0.270 e. The molecule has 1 aliphatic carbocycles. The molecule has 3 unspecified atom stereocenters. The number of nitrogens with one attached hydrogen (secondary N) is 1. The van der Waals surface area contributed by atoms with Crippen LogP contribution in [0.3, 0.4) is 0 Å². The molecule has 0 radical (unpaired) electrons. The molecular weight excluding hydrogens is 262 g/mol. The lowest BCUT2D eigenvalue weighted by atomic mass is 9.82. The number of rotatable bonds is 3. The molecule has 19 heavy (non-hydrogen) atoms. The van der Waals surface area contributed by atoms with Crippen molar-refractivity contribution < 1.29 is 9.53 Å². The summed E-state index contributed by atoms with van der Waals surface area (Å²) in [5, 5.41) is 5.71. The molecule has 1 aliphatic heterocycles. The average molecular weight is 281 g/mol. The van der Waals surface area contributed by atoms with E-state index in [9.17, 15) is 4.79 Å². The van der Waals surface area contributed by atoms with Crippen molar-refractivity contribution in [2.45, 2.75) is 44.4 Å². The number of fused-ring (bicyclic) bond motifs is 1. The topological polar surface area (TPSA) is 77.2 Å². The van der Waals surface area contributed by atoms with E-state index in [-0.39, 0.29) is 11.9 Å². The van der Waals surface area contributed by atoms with Crippen LogP contribution in [0.2, 0.25) is 0 Å². The van der Waals surface area contributed by atoms with Gasteiger partial charge in [0.15, 0.2) is 0 Å². The summed E-state index contributed by atoms with van der Waals surface area (Å²) in [4.78, 5) is 16.4. The van der Waals surface area contributed by atoms with Gasteiger partial charge in [0.05, 0.1) is 6.10 Å². The molecule has 104 valence electrons. The summed E-state index contributed by atoms with van der Waals surface area (Å²) in [5.41, 5.74) is 6.01. The van der Waals surface area contributed by atoms with Crippen molar-refractivity contribution >= 4 is 17.2 Å². The Hall–Kier alpha value is -0.980. The second-order valence-electron chi connectivity index (χ2n) is 5.20. The Morgan fingerprint density at radius 2 is 2.42 bits per heavy atom. The van der Waals surface area contributed by atoms with Crippen LogP contribution in [0, 0.1) is 5.92 Å². The minimum Gasteiger partial charge on any atom is -0.378 e. The van der Waals surface area contributed by atoms with Crippen LogP contribution in [0.15, 0.2) is 5.38 Å². The number of carbonyl (C=O) groups excluding carboxylic acids is 1. The van der Waals surface area contributed by atoms with Crippen LogP contribution in [0.1, 0.15) is 41.2 Å².